The molecule has 2 heterocycles. The molecular formula is C21H27N3OS2. The number of rotatable bonds is 3. The topological polar surface area (TPSA) is 35.6 Å². The van der Waals surface area contributed by atoms with Gasteiger partial charge in [0.25, 0.3) is 5.91 Å². The van der Waals surface area contributed by atoms with E-state index < -0.39 is 0 Å². The minimum Gasteiger partial charge on any atom is -0.336 e. The van der Waals surface area contributed by atoms with Crippen molar-refractivity contribution in [2.24, 2.45) is 0 Å². The second-order valence-corrected chi connectivity index (χ2v) is 10.0. The third-order valence-corrected chi connectivity index (χ3v) is 7.98. The summed E-state index contributed by atoms with van der Waals surface area (Å²) < 4.78 is 0. The monoisotopic (exact) mass is 401 g/mol. The molecule has 1 N–H and O–H groups in total. The van der Waals surface area contributed by atoms with E-state index in [2.05, 4.69) is 35.3 Å². The minimum atomic E-state index is 0.165. The van der Waals surface area contributed by atoms with Crippen LogP contribution in [0, 0.1) is 0 Å². The quantitative estimate of drug-likeness (QED) is 0.798. The number of nitrogens with one attached hydrogen (secondary N) is 1. The summed E-state index contributed by atoms with van der Waals surface area (Å²) in [6, 6.07) is 15.1. The van der Waals surface area contributed by atoms with Crippen LogP contribution in [0.2, 0.25) is 0 Å². The fourth-order valence-electron chi connectivity index (χ4n) is 3.99. The summed E-state index contributed by atoms with van der Waals surface area (Å²) in [5.41, 5.74) is 0.826. The van der Waals surface area contributed by atoms with E-state index >= 15 is 0 Å². The number of benzene rings is 2. The molecule has 2 aromatic carbocycles. The van der Waals surface area contributed by atoms with Gasteiger partial charge in [0.05, 0.1) is 0 Å². The maximum atomic E-state index is 13.2. The zero-order valence-corrected chi connectivity index (χ0v) is 17.4. The summed E-state index contributed by atoms with van der Waals surface area (Å²) in [4.78, 5) is 17.8. The fraction of sp³-hybridized carbons (Fsp3) is 0.476. The van der Waals surface area contributed by atoms with E-state index in [0.29, 0.717) is 12.1 Å². The first-order valence-corrected chi connectivity index (χ1v) is 12.2. The molecule has 27 heavy (non-hydrogen) atoms. The molecule has 2 atom stereocenters. The lowest BCUT2D eigenvalue weighted by Gasteiger charge is -2.41. The molecule has 4 rings (SSSR count). The highest BCUT2D eigenvalue weighted by atomic mass is 33.1. The van der Waals surface area contributed by atoms with Crippen LogP contribution >= 0.6 is 21.6 Å². The summed E-state index contributed by atoms with van der Waals surface area (Å²) in [5, 5.41) is 5.85. The van der Waals surface area contributed by atoms with Gasteiger partial charge in [-0.15, -0.1) is 0 Å². The van der Waals surface area contributed by atoms with Crippen molar-refractivity contribution in [2.75, 3.05) is 44.2 Å². The Morgan fingerprint density at radius 3 is 2.89 bits per heavy atom. The van der Waals surface area contributed by atoms with Crippen LogP contribution < -0.4 is 5.32 Å². The molecule has 0 radical (unpaired) electrons. The van der Waals surface area contributed by atoms with Crippen LogP contribution in [0.3, 0.4) is 0 Å². The van der Waals surface area contributed by atoms with Crippen LogP contribution in [0.5, 0.6) is 0 Å². The first-order valence-electron chi connectivity index (χ1n) is 9.71. The zero-order valence-electron chi connectivity index (χ0n) is 15.8. The van der Waals surface area contributed by atoms with Gasteiger partial charge in [-0.05, 0) is 23.8 Å². The zero-order chi connectivity index (χ0) is 18.6. The molecule has 2 unspecified atom stereocenters. The summed E-state index contributed by atoms with van der Waals surface area (Å²) in [6.45, 7) is 6.98. The lowest BCUT2D eigenvalue weighted by atomic mass is 10.0. The largest absolute Gasteiger partial charge is 0.336 e. The molecule has 1 amide bonds. The Kier molecular flexibility index (Phi) is 6.28. The maximum absolute atomic E-state index is 13.2. The molecule has 2 fully saturated rings. The van der Waals surface area contributed by atoms with Crippen molar-refractivity contribution in [3.05, 3.63) is 48.0 Å². The molecule has 2 aliphatic heterocycles. The van der Waals surface area contributed by atoms with Crippen molar-refractivity contribution in [2.45, 2.75) is 19.0 Å². The molecule has 2 aliphatic rings. The number of nitrogens with zero attached hydrogens (tertiary/aromatic N) is 2. The van der Waals surface area contributed by atoms with Crippen molar-refractivity contribution < 1.29 is 4.79 Å². The van der Waals surface area contributed by atoms with E-state index in [9.17, 15) is 4.79 Å². The van der Waals surface area contributed by atoms with Crippen LogP contribution in [0.25, 0.3) is 10.8 Å². The number of carbonyl (C=O) groups is 1. The van der Waals surface area contributed by atoms with Gasteiger partial charge in [-0.2, -0.15) is 0 Å². The molecule has 4 nitrogen and oxygen atoms in total. The Hall–Kier alpha value is -1.21. The Morgan fingerprint density at radius 2 is 2.00 bits per heavy atom. The van der Waals surface area contributed by atoms with E-state index in [-0.39, 0.29) is 5.91 Å². The molecule has 0 saturated carbocycles. The van der Waals surface area contributed by atoms with Crippen molar-refractivity contribution in [3.8, 4) is 0 Å². The second kappa shape index (κ2) is 8.86. The van der Waals surface area contributed by atoms with E-state index in [1.807, 2.05) is 50.8 Å². The van der Waals surface area contributed by atoms with Crippen molar-refractivity contribution >= 4 is 38.3 Å². The first kappa shape index (κ1) is 19.1. The average Bonchev–Trinajstić information content (AvgIpc) is 2.97. The molecule has 6 heteroatoms. The standard InChI is InChI=1S/C21H27N3OS2/c1-16-13-24(11-10-23(16)14-18-15-27-26-12-9-22-18)21(25)20-8-4-6-17-5-2-3-7-19(17)20/h2-8,16,18,22H,9-15H2,1H3. The average molecular weight is 402 g/mol. The van der Waals surface area contributed by atoms with Gasteiger partial charge >= 0.3 is 0 Å². The number of hydrogen-bond acceptors (Lipinski definition) is 5. The Bertz CT molecular complexity index is 787. The molecule has 2 saturated heterocycles. The third kappa shape index (κ3) is 4.45. The molecule has 2 aromatic rings. The van der Waals surface area contributed by atoms with Crippen molar-refractivity contribution in [3.63, 3.8) is 0 Å². The molecule has 0 aromatic heterocycles. The smallest absolute Gasteiger partial charge is 0.254 e. The van der Waals surface area contributed by atoms with Gasteiger partial charge in [0.1, 0.15) is 0 Å². The summed E-state index contributed by atoms with van der Waals surface area (Å²) in [6.07, 6.45) is 0. The second-order valence-electron chi connectivity index (χ2n) is 7.38. The van der Waals surface area contributed by atoms with Crippen LogP contribution in [0.15, 0.2) is 42.5 Å². The van der Waals surface area contributed by atoms with Crippen LogP contribution in [-0.2, 0) is 0 Å². The van der Waals surface area contributed by atoms with E-state index in [1.165, 1.54) is 5.75 Å². The van der Waals surface area contributed by atoms with Crippen molar-refractivity contribution in [1.29, 1.82) is 0 Å². The number of hydrogen-bond donors (Lipinski definition) is 1. The summed E-state index contributed by atoms with van der Waals surface area (Å²) in [7, 11) is 3.95. The van der Waals surface area contributed by atoms with Crippen LogP contribution in [0.4, 0.5) is 0 Å². The molecule has 0 bridgehead atoms. The van der Waals surface area contributed by atoms with Gasteiger partial charge in [-0.3, -0.25) is 9.69 Å². The van der Waals surface area contributed by atoms with Gasteiger partial charge in [0, 0.05) is 61.9 Å². The summed E-state index contributed by atoms with van der Waals surface area (Å²) in [5.74, 6) is 2.51. The van der Waals surface area contributed by atoms with Gasteiger partial charge < -0.3 is 10.2 Å². The number of carbonyl (C=O) groups excluding carboxylic acids is 1. The van der Waals surface area contributed by atoms with Gasteiger partial charge in [-0.25, -0.2) is 0 Å². The van der Waals surface area contributed by atoms with Crippen molar-refractivity contribution in [1.82, 2.24) is 15.1 Å². The highest BCUT2D eigenvalue weighted by molar-refractivity contribution is 8.76. The predicted molar refractivity (Wildman–Crippen MR) is 118 cm³/mol. The maximum Gasteiger partial charge on any atom is 0.254 e. The number of fused-ring (bicyclic) bond motifs is 1. The van der Waals surface area contributed by atoms with E-state index in [1.54, 1.807) is 0 Å². The lowest BCUT2D eigenvalue weighted by Crippen LogP contribution is -2.56. The minimum absolute atomic E-state index is 0.165. The van der Waals surface area contributed by atoms with Gasteiger partial charge in [0.2, 0.25) is 0 Å². The fourth-order valence-corrected chi connectivity index (χ4v) is 6.17. The Labute approximate surface area is 169 Å². The normalized spacial score (nSPS) is 24.7. The molecule has 0 aliphatic carbocycles. The third-order valence-electron chi connectivity index (χ3n) is 5.50. The Balaban J connectivity index is 1.42. The van der Waals surface area contributed by atoms with Gasteiger partial charge in [0.15, 0.2) is 0 Å². The molecular weight excluding hydrogens is 374 g/mol. The number of amides is 1. The summed E-state index contributed by atoms with van der Waals surface area (Å²) >= 11 is 0. The number of piperazine rings is 1. The Morgan fingerprint density at radius 1 is 1.15 bits per heavy atom. The van der Waals surface area contributed by atoms with Crippen LogP contribution in [0.1, 0.15) is 17.3 Å². The van der Waals surface area contributed by atoms with Crippen LogP contribution in [-0.4, -0.2) is 72.0 Å². The highest BCUT2D eigenvalue weighted by Crippen LogP contribution is 2.25. The highest BCUT2D eigenvalue weighted by Gasteiger charge is 2.29. The van der Waals surface area contributed by atoms with E-state index in [0.717, 1.165) is 54.8 Å². The first-order chi connectivity index (χ1) is 13.2. The SMILES string of the molecule is CC1CN(C(=O)c2cccc3ccccc23)CCN1CC1CSSCCN1. The predicted octanol–water partition coefficient (Wildman–Crippen LogP) is 3.34. The molecule has 144 valence electrons. The molecule has 0 spiro atoms. The van der Waals surface area contributed by atoms with Gasteiger partial charge in [-0.1, -0.05) is 58.0 Å². The van der Waals surface area contributed by atoms with E-state index in [4.69, 9.17) is 0 Å². The lowest BCUT2D eigenvalue weighted by molar-refractivity contribution is 0.0499.